The van der Waals surface area contributed by atoms with Gasteiger partial charge < -0.3 is 5.32 Å². The van der Waals surface area contributed by atoms with Gasteiger partial charge in [-0.1, -0.05) is 41.9 Å². The summed E-state index contributed by atoms with van der Waals surface area (Å²) < 4.78 is 13.9. The van der Waals surface area contributed by atoms with Crippen LogP contribution >= 0.6 is 11.6 Å². The normalized spacial score (nSPS) is 23.2. The largest absolute Gasteiger partial charge is 0.353 e. The van der Waals surface area contributed by atoms with Crippen LogP contribution in [0.3, 0.4) is 0 Å². The van der Waals surface area contributed by atoms with Crippen molar-refractivity contribution in [2.24, 2.45) is 5.92 Å². The van der Waals surface area contributed by atoms with Crippen molar-refractivity contribution in [2.45, 2.75) is 37.8 Å². The van der Waals surface area contributed by atoms with Crippen molar-refractivity contribution in [3.63, 3.8) is 0 Å². The topological polar surface area (TPSA) is 32.3 Å². The number of nitrogens with zero attached hydrogens (tertiary/aromatic N) is 1. The van der Waals surface area contributed by atoms with Crippen LogP contribution in [0.25, 0.3) is 0 Å². The molecule has 0 bridgehead atoms. The van der Waals surface area contributed by atoms with Crippen molar-refractivity contribution in [1.29, 1.82) is 0 Å². The molecule has 1 N–H and O–H groups in total. The highest BCUT2D eigenvalue weighted by molar-refractivity contribution is 6.30. The summed E-state index contributed by atoms with van der Waals surface area (Å²) in [4.78, 5) is 14.9. The Morgan fingerprint density at radius 1 is 1.11 bits per heavy atom. The molecule has 4 rings (SSSR count). The highest BCUT2D eigenvalue weighted by atomic mass is 35.5. The first-order valence-electron chi connectivity index (χ1n) is 9.62. The van der Waals surface area contributed by atoms with Crippen molar-refractivity contribution in [1.82, 2.24) is 10.2 Å². The summed E-state index contributed by atoms with van der Waals surface area (Å²) in [7, 11) is 0. The van der Waals surface area contributed by atoms with Gasteiger partial charge in [0.05, 0.1) is 0 Å². The van der Waals surface area contributed by atoms with E-state index in [9.17, 15) is 9.18 Å². The Kier molecular flexibility index (Phi) is 5.46. The second kappa shape index (κ2) is 7.99. The van der Waals surface area contributed by atoms with E-state index in [1.54, 1.807) is 12.1 Å². The van der Waals surface area contributed by atoms with Crippen molar-refractivity contribution in [3.8, 4) is 0 Å². The van der Waals surface area contributed by atoms with Crippen LogP contribution in [0, 0.1) is 11.7 Å². The summed E-state index contributed by atoms with van der Waals surface area (Å²) in [5.41, 5.74) is 1.93. The Labute approximate surface area is 164 Å². The van der Waals surface area contributed by atoms with Gasteiger partial charge in [0.1, 0.15) is 5.82 Å². The molecule has 1 saturated carbocycles. The number of amides is 1. The van der Waals surface area contributed by atoms with Gasteiger partial charge in [-0.25, -0.2) is 4.39 Å². The van der Waals surface area contributed by atoms with Crippen LogP contribution in [-0.4, -0.2) is 29.9 Å². The van der Waals surface area contributed by atoms with Crippen molar-refractivity contribution < 1.29 is 9.18 Å². The minimum absolute atomic E-state index is 0.0381. The third kappa shape index (κ3) is 4.50. The summed E-state index contributed by atoms with van der Waals surface area (Å²) in [6.07, 6.45) is 2.66. The molecule has 142 valence electrons. The number of hydrogen-bond donors (Lipinski definition) is 1. The third-order valence-electron chi connectivity index (χ3n) is 5.69. The van der Waals surface area contributed by atoms with Crippen LogP contribution in [0.2, 0.25) is 5.02 Å². The zero-order valence-corrected chi connectivity index (χ0v) is 16.0. The molecule has 3 nitrogen and oxygen atoms in total. The fourth-order valence-corrected chi connectivity index (χ4v) is 4.12. The second-order valence-corrected chi connectivity index (χ2v) is 8.09. The predicted molar refractivity (Wildman–Crippen MR) is 105 cm³/mol. The van der Waals surface area contributed by atoms with Gasteiger partial charge >= 0.3 is 0 Å². The average molecular weight is 387 g/mol. The van der Waals surface area contributed by atoms with E-state index in [2.05, 4.69) is 22.3 Å². The summed E-state index contributed by atoms with van der Waals surface area (Å²) in [6.45, 7) is 2.85. The molecule has 1 aliphatic carbocycles. The maximum Gasteiger partial charge on any atom is 0.223 e. The third-order valence-corrected chi connectivity index (χ3v) is 5.94. The Balaban J connectivity index is 1.23. The lowest BCUT2D eigenvalue weighted by Crippen LogP contribution is -2.44. The zero-order chi connectivity index (χ0) is 18.8. The van der Waals surface area contributed by atoms with E-state index in [0.29, 0.717) is 5.56 Å². The van der Waals surface area contributed by atoms with E-state index < -0.39 is 0 Å². The molecule has 1 amide bonds. The minimum atomic E-state index is -0.201. The molecule has 2 fully saturated rings. The molecule has 1 saturated heterocycles. The molecule has 27 heavy (non-hydrogen) atoms. The molecule has 2 aliphatic rings. The van der Waals surface area contributed by atoms with E-state index >= 15 is 0 Å². The predicted octanol–water partition coefficient (Wildman–Crippen LogP) is 4.36. The molecular formula is C22H24ClFN2O. The summed E-state index contributed by atoms with van der Waals surface area (Å²) >= 11 is 5.94. The highest BCUT2D eigenvalue weighted by Gasteiger charge is 2.45. The number of hydrogen-bond acceptors (Lipinski definition) is 2. The molecule has 5 heteroatoms. The van der Waals surface area contributed by atoms with Gasteiger partial charge in [-0.05, 0) is 54.5 Å². The number of likely N-dealkylation sites (tertiary alicyclic amines) is 1. The van der Waals surface area contributed by atoms with Crippen LogP contribution < -0.4 is 5.32 Å². The zero-order valence-electron chi connectivity index (χ0n) is 15.2. The highest BCUT2D eigenvalue weighted by Crippen LogP contribution is 2.48. The fraction of sp³-hybridized carbons (Fsp3) is 0.409. The van der Waals surface area contributed by atoms with E-state index in [1.165, 1.54) is 11.6 Å². The maximum atomic E-state index is 13.9. The monoisotopic (exact) mass is 386 g/mol. The van der Waals surface area contributed by atoms with Crippen LogP contribution in [-0.2, 0) is 11.3 Å². The number of piperidine rings is 1. The summed E-state index contributed by atoms with van der Waals surface area (Å²) in [5, 5.41) is 3.94. The Bertz CT molecular complexity index is 802. The number of nitrogens with one attached hydrogen (secondary N) is 1. The standard InChI is InChI=1S/C22H24ClFN2O/c23-16-7-5-15(6-8-16)14-26-11-9-17(10-12-26)25-22(27)20-13-19(20)18-3-1-2-4-21(18)24/h1-8,17,19-20H,9-14H2,(H,25,27). The van der Waals surface area contributed by atoms with Gasteiger partial charge in [-0.2, -0.15) is 0 Å². The molecule has 0 spiro atoms. The maximum absolute atomic E-state index is 13.9. The molecule has 2 aromatic carbocycles. The fourth-order valence-electron chi connectivity index (χ4n) is 4.00. The molecule has 2 atom stereocenters. The molecule has 0 aromatic heterocycles. The molecule has 2 aromatic rings. The van der Waals surface area contributed by atoms with E-state index in [4.69, 9.17) is 11.6 Å². The van der Waals surface area contributed by atoms with Gasteiger partial charge in [0.2, 0.25) is 5.91 Å². The first-order chi connectivity index (χ1) is 13.1. The van der Waals surface area contributed by atoms with Crippen LogP contribution in [0.5, 0.6) is 0 Å². The van der Waals surface area contributed by atoms with Gasteiger partial charge in [-0.3, -0.25) is 9.69 Å². The first-order valence-corrected chi connectivity index (χ1v) is 9.99. The molecular weight excluding hydrogens is 363 g/mol. The lowest BCUT2D eigenvalue weighted by Gasteiger charge is -2.32. The average Bonchev–Trinajstić information content (AvgIpc) is 3.46. The van der Waals surface area contributed by atoms with Crippen molar-refractivity contribution in [2.75, 3.05) is 13.1 Å². The SMILES string of the molecule is O=C(NC1CCN(Cc2ccc(Cl)cc2)CC1)C1CC1c1ccccc1F. The molecule has 1 aliphatic heterocycles. The van der Waals surface area contributed by atoms with Gasteiger partial charge in [0, 0.05) is 36.6 Å². The van der Waals surface area contributed by atoms with Crippen molar-refractivity contribution >= 4 is 17.5 Å². The first kappa shape index (κ1) is 18.5. The van der Waals surface area contributed by atoms with Gasteiger partial charge in [-0.15, -0.1) is 0 Å². The summed E-state index contributed by atoms with van der Waals surface area (Å²) in [6, 6.07) is 15.0. The van der Waals surface area contributed by atoms with Crippen LogP contribution in [0.4, 0.5) is 4.39 Å². The van der Waals surface area contributed by atoms with Gasteiger partial charge in [0.25, 0.3) is 0 Å². The van der Waals surface area contributed by atoms with Crippen LogP contribution in [0.15, 0.2) is 48.5 Å². The van der Waals surface area contributed by atoms with E-state index in [1.807, 2.05) is 18.2 Å². The Hall–Kier alpha value is -1.91. The minimum Gasteiger partial charge on any atom is -0.353 e. The number of carbonyl (C=O) groups is 1. The molecule has 1 heterocycles. The number of rotatable bonds is 5. The smallest absolute Gasteiger partial charge is 0.223 e. The molecule has 0 radical (unpaired) electrons. The number of carbonyl (C=O) groups excluding carboxylic acids is 1. The van der Waals surface area contributed by atoms with Gasteiger partial charge in [0.15, 0.2) is 0 Å². The van der Waals surface area contributed by atoms with Crippen LogP contribution in [0.1, 0.15) is 36.3 Å². The number of benzene rings is 2. The number of halogens is 2. The van der Waals surface area contributed by atoms with E-state index in [-0.39, 0.29) is 29.6 Å². The van der Waals surface area contributed by atoms with E-state index in [0.717, 1.165) is 43.9 Å². The Morgan fingerprint density at radius 3 is 2.52 bits per heavy atom. The quantitative estimate of drug-likeness (QED) is 0.827. The van der Waals surface area contributed by atoms with Crippen molar-refractivity contribution in [3.05, 3.63) is 70.5 Å². The Morgan fingerprint density at radius 2 is 1.81 bits per heavy atom. The molecule has 2 unspecified atom stereocenters. The summed E-state index contributed by atoms with van der Waals surface area (Å²) in [5.74, 6) is -0.155. The second-order valence-electron chi connectivity index (χ2n) is 7.66. The lowest BCUT2D eigenvalue weighted by molar-refractivity contribution is -0.123. The lowest BCUT2D eigenvalue weighted by atomic mass is 10.0.